The smallest absolute Gasteiger partial charge is 0.253 e. The van der Waals surface area contributed by atoms with Crippen molar-refractivity contribution in [1.29, 1.82) is 5.26 Å². The molecule has 1 saturated carbocycles. The van der Waals surface area contributed by atoms with Crippen molar-refractivity contribution in [1.82, 2.24) is 40.6 Å². The normalized spacial score (nSPS) is 26.5. The standard InChI is InChI=1S/C38H42FN9O3/c1-46(2)35(50)25-9-13-30-23(15-25)5-6-24-16-26(36(51)47(3)4)10-14-31(24)38(30,37-42-44-45-43-37)19-32(22-7-11-28(39)12-8-22)41-21-34(49)48-29(20-40)17-27-18-33(27)48/h7-16,23,27,29-30,32-33,41H,5-6,17-19,21H2,1-4H3,(H,42,43,44,45)/t23?,27-,29?,30?,32-,33+,38?/m1/s1. The molecule has 2 heterocycles. The molecule has 7 atom stereocenters. The Morgan fingerprint density at radius 3 is 2.55 bits per heavy atom. The summed E-state index contributed by atoms with van der Waals surface area (Å²) in [5, 5.41) is 29.2. The number of likely N-dealkylation sites (tertiary alicyclic amines) is 1. The molecule has 3 aliphatic carbocycles. The van der Waals surface area contributed by atoms with E-state index >= 15 is 0 Å². The van der Waals surface area contributed by atoms with Crippen molar-refractivity contribution in [3.05, 3.63) is 100 Å². The lowest BCUT2D eigenvalue weighted by atomic mass is 9.60. The lowest BCUT2D eigenvalue weighted by molar-refractivity contribution is -0.131. The minimum atomic E-state index is -0.984. The van der Waals surface area contributed by atoms with Gasteiger partial charge in [0.25, 0.3) is 11.8 Å². The quantitative estimate of drug-likeness (QED) is 0.347. The monoisotopic (exact) mass is 691 g/mol. The Kier molecular flexibility index (Phi) is 9.05. The van der Waals surface area contributed by atoms with Crippen molar-refractivity contribution in [2.45, 2.75) is 55.6 Å². The number of rotatable bonds is 9. The maximum atomic E-state index is 14.3. The molecule has 1 aromatic heterocycles. The number of amides is 3. The van der Waals surface area contributed by atoms with E-state index in [4.69, 9.17) is 0 Å². The van der Waals surface area contributed by atoms with Gasteiger partial charge >= 0.3 is 0 Å². The number of halogens is 1. The van der Waals surface area contributed by atoms with Crippen molar-refractivity contribution in [3.8, 4) is 6.07 Å². The van der Waals surface area contributed by atoms with Crippen LogP contribution in [-0.4, -0.2) is 99.9 Å². The molecule has 2 aromatic carbocycles. The number of nitriles is 1. The van der Waals surface area contributed by atoms with Crippen LogP contribution >= 0.6 is 0 Å². The molecule has 51 heavy (non-hydrogen) atoms. The first-order valence-electron chi connectivity index (χ1n) is 17.4. The molecule has 0 bridgehead atoms. The van der Waals surface area contributed by atoms with E-state index in [1.54, 1.807) is 55.0 Å². The highest BCUT2D eigenvalue weighted by molar-refractivity contribution is 5.96. The van der Waals surface area contributed by atoms with E-state index in [1.165, 1.54) is 12.1 Å². The number of H-pyrrole nitrogens is 1. The predicted molar refractivity (Wildman–Crippen MR) is 185 cm³/mol. The topological polar surface area (TPSA) is 151 Å². The molecule has 2 fully saturated rings. The van der Waals surface area contributed by atoms with Crippen LogP contribution in [0.1, 0.15) is 64.6 Å². The molecule has 13 heteroatoms. The minimum Gasteiger partial charge on any atom is -0.345 e. The van der Waals surface area contributed by atoms with Gasteiger partial charge in [0.05, 0.1) is 18.0 Å². The molecule has 3 aromatic rings. The number of aryl methyl sites for hydroxylation is 1. The molecule has 2 N–H and O–H groups in total. The van der Waals surface area contributed by atoms with Crippen molar-refractivity contribution >= 4 is 17.7 Å². The summed E-state index contributed by atoms with van der Waals surface area (Å²) >= 11 is 0. The van der Waals surface area contributed by atoms with Crippen molar-refractivity contribution in [2.24, 2.45) is 17.8 Å². The first-order valence-corrected chi connectivity index (χ1v) is 17.4. The van der Waals surface area contributed by atoms with Crippen LogP contribution in [0.15, 0.2) is 66.3 Å². The SMILES string of the molecule is CN(C)C(=O)C1=CC2CCc3cc(C(=O)N(C)C)ccc3C(C[C@@H](NCC(=O)N3C(C#N)C[C@@H]4C[C@@H]43)c3ccc(F)cc3)(c3nn[nH]n3)C2C=C1. The molecule has 1 saturated heterocycles. The third-order valence-electron chi connectivity index (χ3n) is 11.1. The number of hydrogen-bond donors (Lipinski definition) is 2. The predicted octanol–water partition coefficient (Wildman–Crippen LogP) is 3.32. The number of hydrogen-bond acceptors (Lipinski definition) is 8. The van der Waals surface area contributed by atoms with E-state index in [9.17, 15) is 24.0 Å². The summed E-state index contributed by atoms with van der Waals surface area (Å²) in [5.74, 6) is -0.337. The largest absolute Gasteiger partial charge is 0.345 e. The Morgan fingerprint density at radius 1 is 1.10 bits per heavy atom. The maximum Gasteiger partial charge on any atom is 0.253 e. The van der Waals surface area contributed by atoms with Crippen molar-refractivity contribution in [3.63, 3.8) is 0 Å². The Morgan fingerprint density at radius 2 is 1.86 bits per heavy atom. The van der Waals surface area contributed by atoms with Gasteiger partial charge in [0.15, 0.2) is 5.82 Å². The summed E-state index contributed by atoms with van der Waals surface area (Å²) in [4.78, 5) is 45.0. The number of fused-ring (bicyclic) bond motifs is 3. The first-order chi connectivity index (χ1) is 24.5. The zero-order chi connectivity index (χ0) is 36.0. The van der Waals surface area contributed by atoms with Gasteiger partial charge in [-0.05, 0) is 84.9 Å². The second-order valence-corrected chi connectivity index (χ2v) is 14.6. The average Bonchev–Trinajstić information content (AvgIpc) is 3.51. The summed E-state index contributed by atoms with van der Waals surface area (Å²) in [5.41, 5.74) is 2.78. The second kappa shape index (κ2) is 13.5. The van der Waals surface area contributed by atoms with Crippen LogP contribution in [0.2, 0.25) is 0 Å². The number of aromatic nitrogens is 4. The van der Waals surface area contributed by atoms with Gasteiger partial charge in [-0.3, -0.25) is 14.4 Å². The highest BCUT2D eigenvalue weighted by Gasteiger charge is 2.55. The highest BCUT2D eigenvalue weighted by Crippen LogP contribution is 2.53. The van der Waals surface area contributed by atoms with E-state index in [1.807, 2.05) is 30.4 Å². The van der Waals surface area contributed by atoms with Crippen LogP contribution in [-0.2, 0) is 21.4 Å². The zero-order valence-electron chi connectivity index (χ0n) is 29.2. The maximum absolute atomic E-state index is 14.3. The fraction of sp³-hybridized carbons (Fsp3) is 0.447. The Labute approximate surface area is 296 Å². The molecule has 7 rings (SSSR count). The fourth-order valence-corrected chi connectivity index (χ4v) is 8.58. The molecule has 12 nitrogen and oxygen atoms in total. The first kappa shape index (κ1) is 34.2. The molecule has 4 aliphatic rings. The van der Waals surface area contributed by atoms with Crippen LogP contribution in [0.4, 0.5) is 4.39 Å². The summed E-state index contributed by atoms with van der Waals surface area (Å²) in [6, 6.07) is 13.4. The van der Waals surface area contributed by atoms with Gasteiger partial charge in [0.2, 0.25) is 5.91 Å². The lowest BCUT2D eigenvalue weighted by Gasteiger charge is -2.43. The number of carbonyl (C=O) groups is 3. The van der Waals surface area contributed by atoms with E-state index in [0.717, 1.165) is 23.1 Å². The van der Waals surface area contributed by atoms with E-state index in [2.05, 4.69) is 38.1 Å². The molecule has 264 valence electrons. The van der Waals surface area contributed by atoms with Gasteiger partial charge < -0.3 is 20.0 Å². The second-order valence-electron chi connectivity index (χ2n) is 14.6. The van der Waals surface area contributed by atoms with E-state index in [0.29, 0.717) is 48.6 Å². The number of likely N-dealkylation sites (N-methyl/N-ethyl adjacent to an activating group) is 1. The number of nitrogens with one attached hydrogen (secondary N) is 2. The molecule has 4 unspecified atom stereocenters. The summed E-state index contributed by atoms with van der Waals surface area (Å²) in [7, 11) is 6.89. The number of tetrazole rings is 1. The number of nitrogens with zero attached hydrogens (tertiary/aromatic N) is 7. The fourth-order valence-electron chi connectivity index (χ4n) is 8.58. The van der Waals surface area contributed by atoms with Gasteiger partial charge in [-0.25, -0.2) is 4.39 Å². The number of allylic oxidation sites excluding steroid dienone is 2. The molecule has 0 radical (unpaired) electrons. The van der Waals surface area contributed by atoms with Gasteiger partial charge in [-0.2, -0.15) is 10.5 Å². The Hall–Kier alpha value is -5.22. The van der Waals surface area contributed by atoms with Gasteiger partial charge in [0, 0.05) is 57.3 Å². The van der Waals surface area contributed by atoms with Crippen LogP contribution < -0.4 is 5.32 Å². The molecular weight excluding hydrogens is 649 g/mol. The van der Waals surface area contributed by atoms with Crippen LogP contribution in [0.5, 0.6) is 0 Å². The van der Waals surface area contributed by atoms with Crippen LogP contribution in [0, 0.1) is 34.9 Å². The number of aromatic amines is 1. The molecular formula is C38H42FN9O3. The number of piperidine rings is 1. The molecule has 3 amide bonds. The van der Waals surface area contributed by atoms with E-state index in [-0.39, 0.29) is 48.0 Å². The summed E-state index contributed by atoms with van der Waals surface area (Å²) in [6.45, 7) is -0.0276. The van der Waals surface area contributed by atoms with Gasteiger partial charge in [0.1, 0.15) is 11.9 Å². The van der Waals surface area contributed by atoms with Gasteiger partial charge in [-0.1, -0.05) is 41.6 Å². The zero-order valence-corrected chi connectivity index (χ0v) is 29.2. The van der Waals surface area contributed by atoms with Crippen molar-refractivity contribution in [2.75, 3.05) is 34.7 Å². The minimum absolute atomic E-state index is 0.0276. The Balaban J connectivity index is 1.36. The molecule has 0 spiro atoms. The average molecular weight is 692 g/mol. The van der Waals surface area contributed by atoms with Crippen LogP contribution in [0.25, 0.3) is 0 Å². The summed E-state index contributed by atoms with van der Waals surface area (Å²) < 4.78 is 14.3. The highest BCUT2D eigenvalue weighted by atomic mass is 19.1. The van der Waals surface area contributed by atoms with Crippen molar-refractivity contribution < 1.29 is 18.8 Å². The van der Waals surface area contributed by atoms with E-state index < -0.39 is 17.5 Å². The molecule has 1 aliphatic heterocycles. The van der Waals surface area contributed by atoms with Gasteiger partial charge in [-0.15, -0.1) is 10.2 Å². The lowest BCUT2D eigenvalue weighted by Crippen LogP contribution is -2.47. The third kappa shape index (κ3) is 6.22. The Bertz CT molecular complexity index is 1930. The summed E-state index contributed by atoms with van der Waals surface area (Å²) in [6.07, 6.45) is 9.21. The number of benzene rings is 2. The number of carbonyl (C=O) groups excluding carboxylic acids is 3. The third-order valence-corrected chi connectivity index (χ3v) is 11.1. The van der Waals surface area contributed by atoms with Crippen LogP contribution in [0.3, 0.4) is 0 Å².